The first-order valence-electron chi connectivity index (χ1n) is 12.2. The maximum atomic E-state index is 14.1. The van der Waals surface area contributed by atoms with Crippen LogP contribution in [0.2, 0.25) is 0 Å². The molecule has 37 heavy (non-hydrogen) atoms. The van der Waals surface area contributed by atoms with Crippen LogP contribution in [0.15, 0.2) is 69.6 Å². The molecule has 0 saturated carbocycles. The number of esters is 1. The first-order chi connectivity index (χ1) is 17.9. The van der Waals surface area contributed by atoms with Crippen molar-refractivity contribution in [3.05, 3.63) is 90.6 Å². The lowest BCUT2D eigenvalue weighted by Gasteiger charge is -2.26. The van der Waals surface area contributed by atoms with Crippen molar-refractivity contribution in [2.75, 3.05) is 25.7 Å². The van der Waals surface area contributed by atoms with Crippen LogP contribution in [0.4, 0.5) is 5.69 Å². The summed E-state index contributed by atoms with van der Waals surface area (Å²) in [6.07, 6.45) is 1.28. The summed E-state index contributed by atoms with van der Waals surface area (Å²) in [6, 6.07) is 13.9. The molecule has 1 atom stereocenters. The molecule has 0 N–H and O–H groups in total. The lowest BCUT2D eigenvalue weighted by molar-refractivity contribution is -0.139. The van der Waals surface area contributed by atoms with Crippen molar-refractivity contribution in [3.8, 4) is 5.75 Å². The first kappa shape index (κ1) is 24.7. The Balaban J connectivity index is 1.88. The second-order valence-electron chi connectivity index (χ2n) is 8.73. The molecule has 0 aliphatic carbocycles. The van der Waals surface area contributed by atoms with Gasteiger partial charge < -0.3 is 14.4 Å². The van der Waals surface area contributed by atoms with Gasteiger partial charge in [-0.2, -0.15) is 0 Å². The molecule has 9 heteroatoms. The molecule has 0 radical (unpaired) electrons. The van der Waals surface area contributed by atoms with E-state index in [1.54, 1.807) is 32.0 Å². The molecule has 1 aromatic heterocycles. The number of carbonyl (C=O) groups is 2. The Bertz CT molecular complexity index is 1630. The number of thiazole rings is 1. The first-order valence-corrected chi connectivity index (χ1v) is 13.0. The van der Waals surface area contributed by atoms with E-state index < -0.39 is 12.0 Å². The van der Waals surface area contributed by atoms with Crippen LogP contribution in [0.3, 0.4) is 0 Å². The molecule has 0 unspecified atom stereocenters. The SMILES string of the molecule is CCCC1=C(C(=O)OCC)[C@H](c2ccccc2OC)n2c(s/c(=C3\C(=O)N(C)c4ccccc43)c2=O)=N1. The summed E-state index contributed by atoms with van der Waals surface area (Å²) in [6.45, 7) is 3.93. The summed E-state index contributed by atoms with van der Waals surface area (Å²) in [5.41, 5.74) is 2.94. The van der Waals surface area contributed by atoms with Crippen molar-refractivity contribution >= 4 is 34.5 Å². The molecule has 1 amide bonds. The number of methoxy groups -OCH3 is 1. The number of ether oxygens (including phenoxy) is 2. The lowest BCUT2D eigenvalue weighted by atomic mass is 9.93. The monoisotopic (exact) mass is 517 g/mol. The highest BCUT2D eigenvalue weighted by Crippen LogP contribution is 2.37. The molecule has 8 nitrogen and oxygen atoms in total. The molecular formula is C28H27N3O5S. The zero-order chi connectivity index (χ0) is 26.3. The zero-order valence-electron chi connectivity index (χ0n) is 21.1. The summed E-state index contributed by atoms with van der Waals surface area (Å²) >= 11 is 1.17. The van der Waals surface area contributed by atoms with E-state index in [0.29, 0.717) is 49.5 Å². The summed E-state index contributed by atoms with van der Waals surface area (Å²) in [7, 11) is 3.25. The number of hydrogen-bond acceptors (Lipinski definition) is 7. The third kappa shape index (κ3) is 3.90. The number of nitrogens with zero attached hydrogens (tertiary/aromatic N) is 3. The fourth-order valence-electron chi connectivity index (χ4n) is 4.95. The number of fused-ring (bicyclic) bond motifs is 2. The smallest absolute Gasteiger partial charge is 0.338 e. The van der Waals surface area contributed by atoms with Crippen LogP contribution in [0.25, 0.3) is 5.57 Å². The van der Waals surface area contributed by atoms with Gasteiger partial charge in [-0.15, -0.1) is 0 Å². The Morgan fingerprint density at radius 1 is 1.08 bits per heavy atom. The highest BCUT2D eigenvalue weighted by Gasteiger charge is 2.37. The normalized spacial score (nSPS) is 17.9. The van der Waals surface area contributed by atoms with Gasteiger partial charge in [-0.25, -0.2) is 9.79 Å². The minimum absolute atomic E-state index is 0.187. The minimum atomic E-state index is -0.813. The molecule has 2 aliphatic heterocycles. The van der Waals surface area contributed by atoms with Crippen molar-refractivity contribution in [1.82, 2.24) is 4.57 Å². The van der Waals surface area contributed by atoms with E-state index in [1.165, 1.54) is 15.9 Å². The van der Waals surface area contributed by atoms with E-state index in [1.807, 2.05) is 49.4 Å². The van der Waals surface area contributed by atoms with Crippen LogP contribution < -0.4 is 24.5 Å². The largest absolute Gasteiger partial charge is 0.496 e. The van der Waals surface area contributed by atoms with Gasteiger partial charge in [0.25, 0.3) is 11.5 Å². The lowest BCUT2D eigenvalue weighted by Crippen LogP contribution is -2.41. The Hall–Kier alpha value is -3.98. The van der Waals surface area contributed by atoms with Crippen molar-refractivity contribution in [2.45, 2.75) is 32.7 Å². The van der Waals surface area contributed by atoms with Gasteiger partial charge in [0.1, 0.15) is 16.3 Å². The standard InChI is InChI=1S/C28H27N3O5S/c1-5-11-18-22(27(34)36-6-2)23(17-13-8-10-15-20(17)35-4)31-26(33)24(37-28(31)29-18)21-16-12-7-9-14-19(16)30(3)25(21)32/h7-10,12-15,23H,5-6,11H2,1-4H3/b24-21-/t23-/m0/s1. The molecule has 0 spiro atoms. The highest BCUT2D eigenvalue weighted by atomic mass is 32.1. The number of anilines is 1. The van der Waals surface area contributed by atoms with E-state index in [0.717, 1.165) is 12.1 Å². The zero-order valence-corrected chi connectivity index (χ0v) is 21.9. The fourth-order valence-corrected chi connectivity index (χ4v) is 6.06. The quantitative estimate of drug-likeness (QED) is 0.469. The van der Waals surface area contributed by atoms with Gasteiger partial charge >= 0.3 is 5.97 Å². The number of likely N-dealkylation sites (N-methyl/N-ethyl adjacent to an activating group) is 1. The number of carbonyl (C=O) groups excluding carboxylic acids is 2. The number of rotatable bonds is 6. The predicted molar refractivity (Wildman–Crippen MR) is 141 cm³/mol. The molecule has 2 aliphatic rings. The third-order valence-electron chi connectivity index (χ3n) is 6.58. The fraction of sp³-hybridized carbons (Fsp3) is 0.286. The van der Waals surface area contributed by atoms with Gasteiger partial charge in [-0.3, -0.25) is 14.2 Å². The van der Waals surface area contributed by atoms with Crippen LogP contribution in [-0.4, -0.2) is 37.2 Å². The molecule has 5 rings (SSSR count). The Kier molecular flexibility index (Phi) is 6.55. The summed E-state index contributed by atoms with van der Waals surface area (Å²) in [5.74, 6) is -0.239. The average Bonchev–Trinajstić information content (AvgIpc) is 3.36. The van der Waals surface area contributed by atoms with Crippen molar-refractivity contribution in [1.29, 1.82) is 0 Å². The van der Waals surface area contributed by atoms with Gasteiger partial charge in [0, 0.05) is 18.2 Å². The molecule has 0 bridgehead atoms. The molecule has 2 aromatic carbocycles. The van der Waals surface area contributed by atoms with Gasteiger partial charge in [0.15, 0.2) is 4.80 Å². The topological polar surface area (TPSA) is 90.2 Å². The van der Waals surface area contributed by atoms with Crippen molar-refractivity contribution in [3.63, 3.8) is 0 Å². The number of para-hydroxylation sites is 2. The number of amides is 1. The van der Waals surface area contributed by atoms with E-state index in [9.17, 15) is 14.4 Å². The molecule has 3 aromatic rings. The predicted octanol–water partition coefficient (Wildman–Crippen LogP) is 2.93. The van der Waals surface area contributed by atoms with Gasteiger partial charge in [0.05, 0.1) is 36.2 Å². The van der Waals surface area contributed by atoms with Crippen LogP contribution in [0, 0.1) is 0 Å². The number of aromatic nitrogens is 1. The van der Waals surface area contributed by atoms with E-state index in [2.05, 4.69) is 0 Å². The number of hydrogen-bond donors (Lipinski definition) is 0. The molecular weight excluding hydrogens is 490 g/mol. The summed E-state index contributed by atoms with van der Waals surface area (Å²) in [5, 5.41) is 0. The Labute approximate surface area is 217 Å². The minimum Gasteiger partial charge on any atom is -0.496 e. The molecule has 0 fully saturated rings. The Morgan fingerprint density at radius 3 is 2.54 bits per heavy atom. The van der Waals surface area contributed by atoms with Gasteiger partial charge in [-0.1, -0.05) is 61.1 Å². The van der Waals surface area contributed by atoms with Crippen LogP contribution >= 0.6 is 11.3 Å². The van der Waals surface area contributed by atoms with Gasteiger partial charge in [0.2, 0.25) is 0 Å². The Morgan fingerprint density at radius 2 is 1.81 bits per heavy atom. The summed E-state index contributed by atoms with van der Waals surface area (Å²) < 4.78 is 12.9. The van der Waals surface area contributed by atoms with E-state index >= 15 is 0 Å². The number of allylic oxidation sites excluding steroid dienone is 1. The van der Waals surface area contributed by atoms with Gasteiger partial charge in [-0.05, 0) is 25.5 Å². The maximum absolute atomic E-state index is 14.1. The second-order valence-corrected chi connectivity index (χ2v) is 9.71. The maximum Gasteiger partial charge on any atom is 0.338 e. The van der Waals surface area contributed by atoms with Crippen LogP contribution in [-0.2, 0) is 14.3 Å². The third-order valence-corrected chi connectivity index (χ3v) is 7.64. The van der Waals surface area contributed by atoms with Crippen LogP contribution in [0.5, 0.6) is 5.75 Å². The second kappa shape index (κ2) is 9.82. The molecule has 190 valence electrons. The molecule has 3 heterocycles. The average molecular weight is 518 g/mol. The highest BCUT2D eigenvalue weighted by molar-refractivity contribution is 7.07. The number of benzene rings is 2. The molecule has 0 saturated heterocycles. The summed E-state index contributed by atoms with van der Waals surface area (Å²) in [4.78, 5) is 47.6. The van der Waals surface area contributed by atoms with Crippen LogP contribution in [0.1, 0.15) is 43.9 Å². The van der Waals surface area contributed by atoms with E-state index in [4.69, 9.17) is 14.5 Å². The van der Waals surface area contributed by atoms with E-state index in [-0.39, 0.29) is 18.1 Å². The van der Waals surface area contributed by atoms with Crippen molar-refractivity contribution < 1.29 is 19.1 Å². The van der Waals surface area contributed by atoms with Crippen molar-refractivity contribution in [2.24, 2.45) is 4.99 Å².